The first-order valence-electron chi connectivity index (χ1n) is 11.9. The van der Waals surface area contributed by atoms with Crippen LogP contribution in [0.2, 0.25) is 0 Å². The van der Waals surface area contributed by atoms with Gasteiger partial charge in [0.05, 0.1) is 0 Å². The Bertz CT molecular complexity index is 1060. The van der Waals surface area contributed by atoms with Gasteiger partial charge in [-0.05, 0) is 69.1 Å². The van der Waals surface area contributed by atoms with Crippen LogP contribution < -0.4 is 0 Å². The lowest BCUT2D eigenvalue weighted by atomic mass is 9.89. The van der Waals surface area contributed by atoms with Crippen LogP contribution in [0.1, 0.15) is 43.2 Å². The number of carbonyl (C=O) groups is 1. The molecule has 2 heterocycles. The SMILES string of the molecule is Cc1ccc(CCC2CCN(C(=O)C3CCN(S(=O)(=O)c4ccccc4F)CC3)CC2)cc1. The highest BCUT2D eigenvalue weighted by Crippen LogP contribution is 2.29. The number of nitrogens with zero attached hydrogens (tertiary/aromatic N) is 2. The third-order valence-electron chi connectivity index (χ3n) is 7.15. The van der Waals surface area contributed by atoms with Crippen molar-refractivity contribution in [3.63, 3.8) is 0 Å². The first kappa shape index (κ1) is 23.9. The predicted molar refractivity (Wildman–Crippen MR) is 127 cm³/mol. The summed E-state index contributed by atoms with van der Waals surface area (Å²) in [4.78, 5) is 14.7. The number of halogens is 1. The minimum absolute atomic E-state index is 0.148. The predicted octanol–water partition coefficient (Wildman–Crippen LogP) is 4.41. The number of aryl methyl sites for hydroxylation is 2. The van der Waals surface area contributed by atoms with Gasteiger partial charge in [-0.2, -0.15) is 4.31 Å². The molecule has 2 saturated heterocycles. The summed E-state index contributed by atoms with van der Waals surface area (Å²) >= 11 is 0. The molecule has 4 rings (SSSR count). The van der Waals surface area contributed by atoms with E-state index in [2.05, 4.69) is 31.2 Å². The zero-order valence-corrected chi connectivity index (χ0v) is 20.1. The van der Waals surface area contributed by atoms with Crippen LogP contribution in [0.15, 0.2) is 53.4 Å². The van der Waals surface area contributed by atoms with Crippen molar-refractivity contribution in [1.82, 2.24) is 9.21 Å². The maximum Gasteiger partial charge on any atom is 0.245 e. The average Bonchev–Trinajstić information content (AvgIpc) is 2.84. The van der Waals surface area contributed by atoms with Crippen molar-refractivity contribution in [2.45, 2.75) is 50.3 Å². The molecule has 0 unspecified atom stereocenters. The maximum absolute atomic E-state index is 14.0. The monoisotopic (exact) mass is 472 g/mol. The summed E-state index contributed by atoms with van der Waals surface area (Å²) in [5.41, 5.74) is 2.65. The van der Waals surface area contributed by atoms with Gasteiger partial charge in [0.25, 0.3) is 0 Å². The van der Waals surface area contributed by atoms with Gasteiger partial charge in [0.2, 0.25) is 15.9 Å². The van der Waals surface area contributed by atoms with E-state index in [1.165, 1.54) is 33.6 Å². The van der Waals surface area contributed by atoms with Crippen molar-refractivity contribution in [1.29, 1.82) is 0 Å². The van der Waals surface area contributed by atoms with E-state index < -0.39 is 15.8 Å². The highest BCUT2D eigenvalue weighted by atomic mass is 32.2. The lowest BCUT2D eigenvalue weighted by Gasteiger charge is -2.37. The average molecular weight is 473 g/mol. The van der Waals surface area contributed by atoms with Crippen LogP contribution in [-0.2, 0) is 21.2 Å². The number of amides is 1. The molecule has 1 amide bonds. The first-order chi connectivity index (χ1) is 15.8. The van der Waals surface area contributed by atoms with Crippen LogP contribution in [0.25, 0.3) is 0 Å². The van der Waals surface area contributed by atoms with Gasteiger partial charge >= 0.3 is 0 Å². The van der Waals surface area contributed by atoms with Crippen molar-refractivity contribution in [3.8, 4) is 0 Å². The van der Waals surface area contributed by atoms with Gasteiger partial charge in [0, 0.05) is 32.1 Å². The molecule has 0 aromatic heterocycles. The van der Waals surface area contributed by atoms with Crippen LogP contribution in [0.3, 0.4) is 0 Å². The fourth-order valence-electron chi connectivity index (χ4n) is 4.96. The second-order valence-corrected chi connectivity index (χ2v) is 11.3. The molecule has 0 radical (unpaired) electrons. The Morgan fingerprint density at radius 1 is 0.939 bits per heavy atom. The Balaban J connectivity index is 1.24. The molecular weight excluding hydrogens is 439 g/mol. The molecule has 2 aromatic carbocycles. The topological polar surface area (TPSA) is 57.7 Å². The summed E-state index contributed by atoms with van der Waals surface area (Å²) in [6.45, 7) is 4.17. The van der Waals surface area contributed by atoms with Crippen LogP contribution in [0.5, 0.6) is 0 Å². The van der Waals surface area contributed by atoms with Crippen molar-refractivity contribution in [3.05, 3.63) is 65.5 Å². The van der Waals surface area contributed by atoms with Crippen molar-refractivity contribution < 1.29 is 17.6 Å². The fraction of sp³-hybridized carbons (Fsp3) is 0.500. The number of likely N-dealkylation sites (tertiary alicyclic amines) is 1. The maximum atomic E-state index is 14.0. The van der Waals surface area contributed by atoms with E-state index in [1.54, 1.807) is 0 Å². The van der Waals surface area contributed by atoms with E-state index in [4.69, 9.17) is 0 Å². The highest BCUT2D eigenvalue weighted by Gasteiger charge is 2.35. The van der Waals surface area contributed by atoms with Gasteiger partial charge in [-0.15, -0.1) is 0 Å². The largest absolute Gasteiger partial charge is 0.342 e. The number of sulfonamides is 1. The minimum Gasteiger partial charge on any atom is -0.342 e. The quantitative estimate of drug-likeness (QED) is 0.626. The van der Waals surface area contributed by atoms with Gasteiger partial charge in [-0.25, -0.2) is 12.8 Å². The Labute approximate surface area is 196 Å². The Morgan fingerprint density at radius 3 is 2.21 bits per heavy atom. The second-order valence-electron chi connectivity index (χ2n) is 9.40. The van der Waals surface area contributed by atoms with E-state index in [9.17, 15) is 17.6 Å². The number of piperidine rings is 2. The third-order valence-corrected chi connectivity index (χ3v) is 9.08. The summed E-state index contributed by atoms with van der Waals surface area (Å²) in [6, 6.07) is 14.2. The second kappa shape index (κ2) is 10.3. The normalized spacial score (nSPS) is 19.0. The molecule has 2 aromatic rings. The zero-order valence-electron chi connectivity index (χ0n) is 19.2. The number of rotatable bonds is 6. The fourth-order valence-corrected chi connectivity index (χ4v) is 6.50. The van der Waals surface area contributed by atoms with E-state index in [0.717, 1.165) is 44.8 Å². The standard InChI is InChI=1S/C26H33FN2O3S/c1-20-6-8-21(9-7-20)10-11-22-12-16-28(17-13-22)26(30)23-14-18-29(19-15-23)33(31,32)25-5-3-2-4-24(25)27/h2-9,22-23H,10-19H2,1H3. The van der Waals surface area contributed by atoms with E-state index in [1.807, 2.05) is 4.90 Å². The molecule has 0 N–H and O–H groups in total. The molecular formula is C26H33FN2O3S. The van der Waals surface area contributed by atoms with E-state index >= 15 is 0 Å². The lowest BCUT2D eigenvalue weighted by Crippen LogP contribution is -2.46. The molecule has 33 heavy (non-hydrogen) atoms. The van der Waals surface area contributed by atoms with Crippen LogP contribution in [0.4, 0.5) is 4.39 Å². The van der Waals surface area contributed by atoms with Crippen LogP contribution in [-0.4, -0.2) is 49.7 Å². The van der Waals surface area contributed by atoms with Gasteiger partial charge in [0.15, 0.2) is 0 Å². The molecule has 0 bridgehead atoms. The summed E-state index contributed by atoms with van der Waals surface area (Å²) in [7, 11) is -3.87. The van der Waals surface area contributed by atoms with Gasteiger partial charge in [0.1, 0.15) is 10.7 Å². The van der Waals surface area contributed by atoms with E-state index in [0.29, 0.717) is 18.8 Å². The number of hydrogen-bond donors (Lipinski definition) is 0. The van der Waals surface area contributed by atoms with Crippen molar-refractivity contribution >= 4 is 15.9 Å². The van der Waals surface area contributed by atoms with Gasteiger partial charge in [-0.1, -0.05) is 42.0 Å². The van der Waals surface area contributed by atoms with Gasteiger partial charge in [-0.3, -0.25) is 4.79 Å². The summed E-state index contributed by atoms with van der Waals surface area (Å²) < 4.78 is 40.9. The van der Waals surface area contributed by atoms with E-state index in [-0.39, 0.29) is 29.8 Å². The Kier molecular flexibility index (Phi) is 7.49. The number of hydrogen-bond acceptors (Lipinski definition) is 3. The van der Waals surface area contributed by atoms with Crippen molar-refractivity contribution in [2.75, 3.05) is 26.2 Å². The summed E-state index contributed by atoms with van der Waals surface area (Å²) in [5, 5.41) is 0. The zero-order chi connectivity index (χ0) is 23.4. The Hall–Kier alpha value is -2.25. The molecule has 7 heteroatoms. The summed E-state index contributed by atoms with van der Waals surface area (Å²) in [6.07, 6.45) is 5.25. The first-order valence-corrected chi connectivity index (χ1v) is 13.4. The molecule has 5 nitrogen and oxygen atoms in total. The molecule has 2 fully saturated rings. The number of carbonyl (C=O) groups excluding carboxylic acids is 1. The third kappa shape index (κ3) is 5.64. The van der Waals surface area contributed by atoms with Crippen molar-refractivity contribution in [2.24, 2.45) is 11.8 Å². The van der Waals surface area contributed by atoms with Gasteiger partial charge < -0.3 is 4.90 Å². The molecule has 178 valence electrons. The lowest BCUT2D eigenvalue weighted by molar-refractivity contribution is -0.138. The number of benzene rings is 2. The Morgan fingerprint density at radius 2 is 1.58 bits per heavy atom. The minimum atomic E-state index is -3.87. The molecule has 0 saturated carbocycles. The molecule has 0 atom stereocenters. The summed E-state index contributed by atoms with van der Waals surface area (Å²) in [5.74, 6) is -0.0971. The van der Waals surface area contributed by atoms with Crippen LogP contribution >= 0.6 is 0 Å². The molecule has 0 aliphatic carbocycles. The highest BCUT2D eigenvalue weighted by molar-refractivity contribution is 7.89. The molecule has 2 aliphatic heterocycles. The molecule has 2 aliphatic rings. The molecule has 0 spiro atoms. The smallest absolute Gasteiger partial charge is 0.245 e. The van der Waals surface area contributed by atoms with Crippen LogP contribution in [0, 0.1) is 24.6 Å².